The zero-order valence-electron chi connectivity index (χ0n) is 13.7. The van der Waals surface area contributed by atoms with Crippen molar-refractivity contribution in [1.82, 2.24) is 10.2 Å². The van der Waals surface area contributed by atoms with E-state index in [4.69, 9.17) is 1.37 Å². The molecule has 5 heteroatoms. The van der Waals surface area contributed by atoms with Crippen molar-refractivity contribution >= 4 is 17.7 Å². The summed E-state index contributed by atoms with van der Waals surface area (Å²) < 4.78 is 7.09. The van der Waals surface area contributed by atoms with Crippen LogP contribution in [0, 0.1) is 11.8 Å². The summed E-state index contributed by atoms with van der Waals surface area (Å²) in [4.78, 5) is 37.3. The Morgan fingerprint density at radius 3 is 3.04 bits per heavy atom. The molecule has 118 valence electrons. The summed E-state index contributed by atoms with van der Waals surface area (Å²) in [5, 5.41) is 2.30. The van der Waals surface area contributed by atoms with Crippen molar-refractivity contribution in [2.45, 2.75) is 45.2 Å². The molecule has 0 aromatic heterocycles. The molecule has 2 heterocycles. The van der Waals surface area contributed by atoms with Crippen molar-refractivity contribution in [1.29, 1.82) is 0 Å². The minimum Gasteiger partial charge on any atom is -0.322 e. The van der Waals surface area contributed by atoms with Gasteiger partial charge in [0.2, 0.25) is 11.8 Å². The Hall–Kier alpha value is -2.61. The zero-order valence-corrected chi connectivity index (χ0v) is 12.7. The van der Waals surface area contributed by atoms with Crippen LogP contribution in [0.5, 0.6) is 0 Å². The average Bonchev–Trinajstić information content (AvgIpc) is 2.88. The van der Waals surface area contributed by atoms with Crippen molar-refractivity contribution in [2.24, 2.45) is 0 Å². The highest BCUT2D eigenvalue weighted by molar-refractivity contribution is 6.05. The van der Waals surface area contributed by atoms with E-state index in [9.17, 15) is 14.4 Å². The number of carbonyl (C=O) groups is 3. The Bertz CT molecular complexity index is 763. The van der Waals surface area contributed by atoms with Gasteiger partial charge >= 0.3 is 0 Å². The van der Waals surface area contributed by atoms with Crippen LogP contribution in [0.1, 0.15) is 55.4 Å². The number of benzene rings is 1. The largest absolute Gasteiger partial charge is 0.322 e. The zero-order chi connectivity index (χ0) is 17.1. The minimum absolute atomic E-state index is 0.173. The maximum atomic E-state index is 12.5. The summed E-state index contributed by atoms with van der Waals surface area (Å²) in [5.41, 5.74) is 2.28. The van der Waals surface area contributed by atoms with Crippen molar-refractivity contribution < 1.29 is 15.8 Å². The maximum Gasteiger partial charge on any atom is 0.255 e. The van der Waals surface area contributed by atoms with E-state index in [1.165, 1.54) is 4.90 Å². The standard InChI is InChI=1S/C18H18N2O3/c1-2-3-4-5-12-6-7-14-13(10-12)11-20(18(14)23)15-8-9-16(21)19-17(15)22/h6-7,10,15H,2-3,8-9,11H2,1H3,(H,19,21,22)/i1D. The molecule has 1 aromatic rings. The number of imide groups is 1. The molecular formula is C18H18N2O3. The van der Waals surface area contributed by atoms with Crippen LogP contribution in [-0.4, -0.2) is 28.7 Å². The molecule has 0 radical (unpaired) electrons. The highest BCUT2D eigenvalue weighted by Crippen LogP contribution is 2.28. The molecular weight excluding hydrogens is 292 g/mol. The lowest BCUT2D eigenvalue weighted by molar-refractivity contribution is -0.136. The number of carbonyl (C=O) groups excluding carboxylic acids is 3. The van der Waals surface area contributed by atoms with E-state index < -0.39 is 11.9 Å². The highest BCUT2D eigenvalue weighted by atomic mass is 16.2. The van der Waals surface area contributed by atoms with Gasteiger partial charge in [-0.25, -0.2) is 0 Å². The third kappa shape index (κ3) is 2.98. The van der Waals surface area contributed by atoms with Crippen LogP contribution in [-0.2, 0) is 16.1 Å². The Balaban J connectivity index is 1.76. The van der Waals surface area contributed by atoms with Gasteiger partial charge in [0, 0.05) is 31.9 Å². The molecule has 2 aliphatic rings. The number of amides is 3. The van der Waals surface area contributed by atoms with Crippen LogP contribution in [0.2, 0.25) is 0 Å². The smallest absolute Gasteiger partial charge is 0.255 e. The molecule has 3 amide bonds. The molecule has 23 heavy (non-hydrogen) atoms. The predicted octanol–water partition coefficient (Wildman–Crippen LogP) is 1.60. The van der Waals surface area contributed by atoms with Gasteiger partial charge in [0.05, 0.1) is 0 Å². The quantitative estimate of drug-likeness (QED) is 0.512. The normalized spacial score (nSPS) is 20.5. The monoisotopic (exact) mass is 311 g/mol. The fourth-order valence-corrected chi connectivity index (χ4v) is 2.91. The van der Waals surface area contributed by atoms with E-state index in [0.717, 1.165) is 17.5 Å². The lowest BCUT2D eigenvalue weighted by Gasteiger charge is -2.29. The van der Waals surface area contributed by atoms with Gasteiger partial charge < -0.3 is 4.90 Å². The SMILES string of the molecule is [2H]CCCC#Cc1ccc2c(c1)CN(C1CCC(=O)NC1=O)C2=O. The Kier molecular flexibility index (Phi) is 3.81. The van der Waals surface area contributed by atoms with Gasteiger partial charge in [-0.1, -0.05) is 18.7 Å². The summed E-state index contributed by atoms with van der Waals surface area (Å²) in [6.07, 6.45) is 2.05. The molecule has 3 rings (SSSR count). The molecule has 1 saturated heterocycles. The number of nitrogens with one attached hydrogen (secondary N) is 1. The fourth-order valence-electron chi connectivity index (χ4n) is 2.91. The van der Waals surface area contributed by atoms with Gasteiger partial charge in [0.1, 0.15) is 6.04 Å². The number of hydrogen-bond donors (Lipinski definition) is 1. The van der Waals surface area contributed by atoms with Crippen molar-refractivity contribution in [3.63, 3.8) is 0 Å². The average molecular weight is 311 g/mol. The van der Waals surface area contributed by atoms with Crippen molar-refractivity contribution in [3.8, 4) is 11.8 Å². The first-order valence-corrected chi connectivity index (χ1v) is 7.66. The van der Waals surface area contributed by atoms with Crippen LogP contribution in [0.4, 0.5) is 0 Å². The van der Waals surface area contributed by atoms with E-state index in [1.807, 2.05) is 6.07 Å². The van der Waals surface area contributed by atoms with E-state index >= 15 is 0 Å². The third-order valence-corrected chi connectivity index (χ3v) is 4.06. The van der Waals surface area contributed by atoms with Gasteiger partial charge in [0.15, 0.2) is 0 Å². The first kappa shape index (κ1) is 14.0. The second kappa shape index (κ2) is 6.25. The topological polar surface area (TPSA) is 66.5 Å². The van der Waals surface area contributed by atoms with Crippen LogP contribution >= 0.6 is 0 Å². The van der Waals surface area contributed by atoms with Gasteiger partial charge in [-0.3, -0.25) is 19.7 Å². The number of fused-ring (bicyclic) bond motifs is 1. The second-order valence-corrected chi connectivity index (χ2v) is 5.68. The van der Waals surface area contributed by atoms with Gasteiger partial charge in [-0.2, -0.15) is 0 Å². The molecule has 0 saturated carbocycles. The molecule has 2 aliphatic heterocycles. The van der Waals surface area contributed by atoms with Crippen molar-refractivity contribution in [3.05, 3.63) is 34.9 Å². The molecule has 0 bridgehead atoms. The summed E-state index contributed by atoms with van der Waals surface area (Å²) in [6.45, 7) is 0.733. The summed E-state index contributed by atoms with van der Waals surface area (Å²) in [6, 6.07) is 4.85. The molecule has 0 spiro atoms. The lowest BCUT2D eigenvalue weighted by Crippen LogP contribution is -2.52. The molecule has 5 nitrogen and oxygen atoms in total. The highest BCUT2D eigenvalue weighted by Gasteiger charge is 2.38. The third-order valence-electron chi connectivity index (χ3n) is 4.06. The number of rotatable bonds is 2. The van der Waals surface area contributed by atoms with Crippen LogP contribution in [0.25, 0.3) is 0 Å². The van der Waals surface area contributed by atoms with Gasteiger partial charge in [-0.15, -0.1) is 0 Å². The summed E-state index contributed by atoms with van der Waals surface area (Å²) in [5.74, 6) is 5.21. The molecule has 1 N–H and O–H groups in total. The number of piperidine rings is 1. The first-order valence-electron chi connectivity index (χ1n) is 8.36. The first-order chi connectivity index (χ1) is 11.6. The Morgan fingerprint density at radius 1 is 1.39 bits per heavy atom. The summed E-state index contributed by atoms with van der Waals surface area (Å²) >= 11 is 0. The fraction of sp³-hybridized carbons (Fsp3) is 0.389. The predicted molar refractivity (Wildman–Crippen MR) is 84.3 cm³/mol. The number of unbranched alkanes of at least 4 members (excludes halogenated alkanes) is 1. The molecule has 1 atom stereocenters. The number of nitrogens with zero attached hydrogens (tertiary/aromatic N) is 1. The van der Waals surface area contributed by atoms with Crippen LogP contribution in [0.15, 0.2) is 18.2 Å². The molecule has 1 unspecified atom stereocenters. The Labute approximate surface area is 136 Å². The van der Waals surface area contributed by atoms with Gasteiger partial charge in [-0.05, 0) is 36.6 Å². The van der Waals surface area contributed by atoms with Crippen molar-refractivity contribution in [2.75, 3.05) is 0 Å². The second-order valence-electron chi connectivity index (χ2n) is 5.68. The molecule has 0 aliphatic carbocycles. The minimum atomic E-state index is -0.589. The molecule has 1 aromatic carbocycles. The lowest BCUT2D eigenvalue weighted by atomic mass is 10.0. The Morgan fingerprint density at radius 2 is 2.26 bits per heavy atom. The van der Waals surface area contributed by atoms with E-state index in [2.05, 4.69) is 17.2 Å². The number of hydrogen-bond acceptors (Lipinski definition) is 3. The summed E-state index contributed by atoms with van der Waals surface area (Å²) in [7, 11) is 0. The maximum absolute atomic E-state index is 12.5. The molecule has 1 fully saturated rings. The van der Waals surface area contributed by atoms with Crippen LogP contribution < -0.4 is 5.32 Å². The van der Waals surface area contributed by atoms with Gasteiger partial charge in [0.25, 0.3) is 5.91 Å². The van der Waals surface area contributed by atoms with E-state index in [-0.39, 0.29) is 18.2 Å². The van der Waals surface area contributed by atoms with E-state index in [0.29, 0.717) is 31.8 Å². The van der Waals surface area contributed by atoms with E-state index in [1.54, 1.807) is 12.1 Å². The van der Waals surface area contributed by atoms with Crippen LogP contribution in [0.3, 0.4) is 0 Å².